The molecule has 0 atom stereocenters. The summed E-state index contributed by atoms with van der Waals surface area (Å²) in [6, 6.07) is 6.66. The monoisotopic (exact) mass is 358 g/mol. The Balaban J connectivity index is 2.11. The van der Waals surface area contributed by atoms with Crippen LogP contribution in [0.25, 0.3) is 0 Å². The van der Waals surface area contributed by atoms with Crippen LogP contribution in [0.3, 0.4) is 0 Å². The van der Waals surface area contributed by atoms with Gasteiger partial charge >= 0.3 is 5.97 Å². The van der Waals surface area contributed by atoms with Crippen LogP contribution in [0.15, 0.2) is 24.3 Å². The van der Waals surface area contributed by atoms with Crippen molar-refractivity contribution in [2.45, 2.75) is 27.7 Å². The van der Waals surface area contributed by atoms with Crippen molar-refractivity contribution < 1.29 is 23.9 Å². The predicted octanol–water partition coefficient (Wildman–Crippen LogP) is 3.03. The molecule has 0 unspecified atom stereocenters. The van der Waals surface area contributed by atoms with E-state index in [-0.39, 0.29) is 36.0 Å². The number of hydrogen-bond donors (Lipinski definition) is 2. The molecule has 1 amide bonds. The van der Waals surface area contributed by atoms with Crippen molar-refractivity contribution in [3.63, 3.8) is 0 Å². The zero-order valence-corrected chi connectivity index (χ0v) is 15.3. The fraction of sp³-hybridized carbons (Fsp3) is 0.316. The molecular formula is C19H22N2O5. The van der Waals surface area contributed by atoms with Gasteiger partial charge in [-0.2, -0.15) is 0 Å². The van der Waals surface area contributed by atoms with Crippen LogP contribution < -0.4 is 10.1 Å². The quantitative estimate of drug-likeness (QED) is 0.586. The van der Waals surface area contributed by atoms with E-state index in [1.807, 2.05) is 0 Å². The second-order valence-electron chi connectivity index (χ2n) is 5.76. The highest BCUT2D eigenvalue weighted by Gasteiger charge is 2.25. The Morgan fingerprint density at radius 3 is 2.23 bits per heavy atom. The second kappa shape index (κ2) is 8.33. The molecule has 7 heteroatoms. The second-order valence-corrected chi connectivity index (χ2v) is 5.76. The topological polar surface area (TPSA) is 97.5 Å². The van der Waals surface area contributed by atoms with Gasteiger partial charge in [0.2, 0.25) is 11.7 Å². The van der Waals surface area contributed by atoms with Crippen LogP contribution in [0.1, 0.15) is 46.0 Å². The molecule has 0 radical (unpaired) electrons. The SMILES string of the molecule is CCOC(=O)c1c(C)[nH]c(C)c1C(=O)COc1ccc(NC(C)=O)cc1. The third-order valence-electron chi connectivity index (χ3n) is 3.68. The summed E-state index contributed by atoms with van der Waals surface area (Å²) < 4.78 is 10.5. The lowest BCUT2D eigenvalue weighted by Gasteiger charge is -2.09. The highest BCUT2D eigenvalue weighted by atomic mass is 16.5. The molecule has 26 heavy (non-hydrogen) atoms. The van der Waals surface area contributed by atoms with Gasteiger partial charge in [0.05, 0.1) is 17.7 Å². The normalized spacial score (nSPS) is 10.3. The van der Waals surface area contributed by atoms with Gasteiger partial charge in [-0.25, -0.2) is 4.79 Å². The van der Waals surface area contributed by atoms with E-state index in [4.69, 9.17) is 9.47 Å². The van der Waals surface area contributed by atoms with E-state index in [0.29, 0.717) is 22.8 Å². The first kappa shape index (κ1) is 19.2. The third-order valence-corrected chi connectivity index (χ3v) is 3.68. The van der Waals surface area contributed by atoms with Crippen molar-refractivity contribution in [3.05, 3.63) is 46.8 Å². The number of rotatable bonds is 7. The van der Waals surface area contributed by atoms with Crippen LogP contribution in [0.5, 0.6) is 5.75 Å². The summed E-state index contributed by atoms with van der Waals surface area (Å²) in [4.78, 5) is 38.7. The highest BCUT2D eigenvalue weighted by Crippen LogP contribution is 2.21. The van der Waals surface area contributed by atoms with E-state index in [9.17, 15) is 14.4 Å². The number of carbonyl (C=O) groups excluding carboxylic acids is 3. The fourth-order valence-corrected chi connectivity index (χ4v) is 2.65. The number of benzene rings is 1. The van der Waals surface area contributed by atoms with Gasteiger partial charge in [-0.1, -0.05) is 0 Å². The fourth-order valence-electron chi connectivity index (χ4n) is 2.65. The first-order valence-electron chi connectivity index (χ1n) is 8.23. The van der Waals surface area contributed by atoms with Gasteiger partial charge in [0.25, 0.3) is 0 Å². The Labute approximate surface area is 151 Å². The molecule has 0 aliphatic carbocycles. The number of ketones is 1. The number of carbonyl (C=O) groups is 3. The Hall–Kier alpha value is -3.09. The number of anilines is 1. The van der Waals surface area contributed by atoms with E-state index < -0.39 is 5.97 Å². The Morgan fingerprint density at radius 2 is 1.65 bits per heavy atom. The molecule has 0 saturated heterocycles. The zero-order chi connectivity index (χ0) is 19.3. The van der Waals surface area contributed by atoms with Crippen LogP contribution in [-0.2, 0) is 9.53 Å². The summed E-state index contributed by atoms with van der Waals surface area (Å²) >= 11 is 0. The first-order valence-corrected chi connectivity index (χ1v) is 8.23. The van der Waals surface area contributed by atoms with E-state index >= 15 is 0 Å². The van der Waals surface area contributed by atoms with Gasteiger partial charge in [-0.15, -0.1) is 0 Å². The minimum Gasteiger partial charge on any atom is -0.485 e. The average Bonchev–Trinajstić information content (AvgIpc) is 2.88. The Bertz CT molecular complexity index is 821. The van der Waals surface area contributed by atoms with Gasteiger partial charge in [0.15, 0.2) is 6.61 Å². The van der Waals surface area contributed by atoms with Gasteiger partial charge in [-0.3, -0.25) is 9.59 Å². The maximum Gasteiger partial charge on any atom is 0.340 e. The van der Waals surface area contributed by atoms with Crippen molar-refractivity contribution in [1.82, 2.24) is 4.98 Å². The molecule has 0 aliphatic heterocycles. The summed E-state index contributed by atoms with van der Waals surface area (Å²) in [6.45, 7) is 6.59. The Kier molecular flexibility index (Phi) is 6.16. The molecule has 2 N–H and O–H groups in total. The molecule has 2 aromatic rings. The number of aromatic amines is 1. The molecule has 0 bridgehead atoms. The molecule has 0 aliphatic rings. The maximum atomic E-state index is 12.6. The molecule has 7 nitrogen and oxygen atoms in total. The van der Waals surface area contributed by atoms with Gasteiger partial charge < -0.3 is 19.8 Å². The molecule has 0 spiro atoms. The van der Waals surface area contributed by atoms with Crippen molar-refractivity contribution in [3.8, 4) is 5.75 Å². The molecule has 0 saturated carbocycles. The molecule has 1 aromatic carbocycles. The predicted molar refractivity (Wildman–Crippen MR) is 96.8 cm³/mol. The van der Waals surface area contributed by atoms with E-state index in [1.165, 1.54) is 6.92 Å². The summed E-state index contributed by atoms with van der Waals surface area (Å²) in [7, 11) is 0. The summed E-state index contributed by atoms with van der Waals surface area (Å²) in [5.74, 6) is -0.535. The number of amides is 1. The number of H-pyrrole nitrogens is 1. The first-order chi connectivity index (χ1) is 12.3. The average molecular weight is 358 g/mol. The highest BCUT2D eigenvalue weighted by molar-refractivity contribution is 6.08. The number of ether oxygens (including phenoxy) is 2. The minimum absolute atomic E-state index is 0.168. The molecule has 0 fully saturated rings. The van der Waals surface area contributed by atoms with E-state index in [1.54, 1.807) is 45.0 Å². The molecule has 1 aromatic heterocycles. The van der Waals surface area contributed by atoms with Crippen LogP contribution in [-0.4, -0.2) is 35.9 Å². The lowest BCUT2D eigenvalue weighted by atomic mass is 10.1. The van der Waals surface area contributed by atoms with Crippen LogP contribution >= 0.6 is 0 Å². The zero-order valence-electron chi connectivity index (χ0n) is 15.3. The summed E-state index contributed by atoms with van der Waals surface area (Å²) in [5.41, 5.74) is 2.36. The number of hydrogen-bond acceptors (Lipinski definition) is 5. The molecular weight excluding hydrogens is 336 g/mol. The number of esters is 1. The van der Waals surface area contributed by atoms with Crippen molar-refractivity contribution in [2.75, 3.05) is 18.5 Å². The molecule has 2 rings (SSSR count). The van der Waals surface area contributed by atoms with Crippen molar-refractivity contribution in [1.29, 1.82) is 0 Å². The summed E-state index contributed by atoms with van der Waals surface area (Å²) in [5, 5.41) is 2.65. The number of aromatic nitrogens is 1. The van der Waals surface area contributed by atoms with E-state index in [2.05, 4.69) is 10.3 Å². The smallest absolute Gasteiger partial charge is 0.340 e. The van der Waals surface area contributed by atoms with Crippen LogP contribution in [0, 0.1) is 13.8 Å². The van der Waals surface area contributed by atoms with Crippen molar-refractivity contribution >= 4 is 23.3 Å². The largest absolute Gasteiger partial charge is 0.485 e. The van der Waals surface area contributed by atoms with Gasteiger partial charge in [-0.05, 0) is 45.0 Å². The Morgan fingerprint density at radius 1 is 1.04 bits per heavy atom. The number of aryl methyl sites for hydroxylation is 2. The van der Waals surface area contributed by atoms with Gasteiger partial charge in [0.1, 0.15) is 5.75 Å². The number of nitrogens with one attached hydrogen (secondary N) is 2. The summed E-state index contributed by atoms with van der Waals surface area (Å²) in [6.07, 6.45) is 0. The molecule has 1 heterocycles. The van der Waals surface area contributed by atoms with Crippen LogP contribution in [0.2, 0.25) is 0 Å². The third kappa shape index (κ3) is 4.50. The van der Waals surface area contributed by atoms with E-state index in [0.717, 1.165) is 0 Å². The van der Waals surface area contributed by atoms with Crippen molar-refractivity contribution in [2.24, 2.45) is 0 Å². The maximum absolute atomic E-state index is 12.6. The van der Waals surface area contributed by atoms with Crippen LogP contribution in [0.4, 0.5) is 5.69 Å². The lowest BCUT2D eigenvalue weighted by Crippen LogP contribution is -2.17. The molecule has 138 valence electrons. The lowest BCUT2D eigenvalue weighted by molar-refractivity contribution is -0.114. The minimum atomic E-state index is -0.530. The van der Waals surface area contributed by atoms with Gasteiger partial charge in [0, 0.05) is 24.0 Å². The standard InChI is InChI=1S/C19H22N2O5/c1-5-25-19(24)18-12(3)20-11(2)17(18)16(23)10-26-15-8-6-14(7-9-15)21-13(4)22/h6-9,20H,5,10H2,1-4H3,(H,21,22). The number of Topliss-reactive ketones (excluding diaryl/α,β-unsaturated/α-hetero) is 1.